The molecule has 1 aliphatic heterocycles. The molecular weight excluding hydrogens is 813 g/mol. The highest BCUT2D eigenvalue weighted by molar-refractivity contribution is 7.15. The van der Waals surface area contributed by atoms with E-state index in [9.17, 15) is 18.8 Å². The molecular formula is C46H45ClFN9O3S. The Hall–Kier alpha value is -6.51. The minimum Gasteiger partial charge on any atom is -0.383 e. The number of pyridine rings is 1. The highest BCUT2D eigenvalue weighted by Crippen LogP contribution is 2.39. The lowest BCUT2D eigenvalue weighted by atomic mass is 9.99. The predicted octanol–water partition coefficient (Wildman–Crippen LogP) is 8.70. The first-order valence-corrected chi connectivity index (χ1v) is 21.2. The normalized spacial score (nSPS) is 13.2. The summed E-state index contributed by atoms with van der Waals surface area (Å²) in [6, 6.07) is 21.7. The number of aliphatic imine (C=N–C) groups is 1. The second-order valence-electron chi connectivity index (χ2n) is 14.6. The number of fused-ring (bicyclic) bond motifs is 3. The molecule has 0 saturated carbocycles. The first-order chi connectivity index (χ1) is 29.5. The van der Waals surface area contributed by atoms with E-state index in [2.05, 4.69) is 50.3 Å². The van der Waals surface area contributed by atoms with Crippen LogP contribution in [0.1, 0.15) is 86.4 Å². The van der Waals surface area contributed by atoms with Gasteiger partial charge in [0.05, 0.1) is 23.5 Å². The summed E-state index contributed by atoms with van der Waals surface area (Å²) in [7, 11) is 0. The van der Waals surface area contributed by atoms with Crippen LogP contribution in [0.3, 0.4) is 0 Å². The Kier molecular flexibility index (Phi) is 13.8. The Morgan fingerprint density at radius 1 is 0.902 bits per heavy atom. The molecule has 7 rings (SSSR count). The van der Waals surface area contributed by atoms with Crippen LogP contribution in [0.5, 0.6) is 0 Å². The van der Waals surface area contributed by atoms with Crippen molar-refractivity contribution in [2.75, 3.05) is 23.7 Å². The van der Waals surface area contributed by atoms with Gasteiger partial charge in [0, 0.05) is 64.7 Å². The average Bonchev–Trinajstić information content (AvgIpc) is 3.74. The van der Waals surface area contributed by atoms with Crippen molar-refractivity contribution >= 4 is 63.8 Å². The Balaban J connectivity index is 0.878. The van der Waals surface area contributed by atoms with E-state index in [1.807, 2.05) is 41.8 Å². The van der Waals surface area contributed by atoms with E-state index in [1.165, 1.54) is 29.2 Å². The number of hydrogen-bond acceptors (Lipinski definition) is 9. The van der Waals surface area contributed by atoms with Gasteiger partial charge in [0.2, 0.25) is 11.8 Å². The summed E-state index contributed by atoms with van der Waals surface area (Å²) in [6.07, 6.45) is 8.84. The Bertz CT molecular complexity index is 2590. The number of aryl methyl sites for hydroxylation is 2. The van der Waals surface area contributed by atoms with Crippen molar-refractivity contribution in [3.8, 4) is 5.00 Å². The quantitative estimate of drug-likeness (QED) is 0.0561. The van der Waals surface area contributed by atoms with E-state index < -0.39 is 11.9 Å². The molecule has 3 amide bonds. The predicted molar refractivity (Wildman–Crippen MR) is 239 cm³/mol. The fourth-order valence-corrected chi connectivity index (χ4v) is 8.23. The summed E-state index contributed by atoms with van der Waals surface area (Å²) in [5, 5.41) is 22.5. The minimum atomic E-state index is -0.554. The summed E-state index contributed by atoms with van der Waals surface area (Å²) in [5.74, 6) is 0.180. The van der Waals surface area contributed by atoms with E-state index in [-0.39, 0.29) is 24.1 Å². The number of amides is 3. The summed E-state index contributed by atoms with van der Waals surface area (Å²) < 4.78 is 16.3. The molecule has 15 heteroatoms. The zero-order chi connectivity index (χ0) is 42.9. The number of benzene rings is 3. The minimum absolute atomic E-state index is 0.103. The number of carbonyl (C=O) groups excluding carboxylic acids is 3. The van der Waals surface area contributed by atoms with Crippen LogP contribution in [0, 0.1) is 26.6 Å². The van der Waals surface area contributed by atoms with Crippen LogP contribution >= 0.6 is 22.9 Å². The van der Waals surface area contributed by atoms with Crippen molar-refractivity contribution in [1.29, 1.82) is 0 Å². The molecule has 1 atom stereocenters. The third-order valence-corrected chi connectivity index (χ3v) is 11.7. The number of nitrogens with one attached hydrogen (secondary N) is 4. The van der Waals surface area contributed by atoms with Gasteiger partial charge < -0.3 is 21.3 Å². The molecule has 3 aromatic carbocycles. The molecule has 6 aromatic rings. The number of nitrogens with zero attached hydrogens (tertiary/aromatic N) is 5. The van der Waals surface area contributed by atoms with Gasteiger partial charge in [-0.25, -0.2) is 4.39 Å². The van der Waals surface area contributed by atoms with Gasteiger partial charge in [-0.05, 0) is 111 Å². The number of halogens is 2. The standard InChI is InChI=1S/C46H45ClFN9O3S/c1-28-29(2)61-46-42(28)43(33-14-16-35(47)17-15-33)53-39(44-56-55-30(3)57(44)46)25-41(59)51-23-6-4-5-22-50-38-24-36(48)18-19-37(38)54-45(60)34-12-9-32(10-13-34)27-52-40(58)20-11-31-8-7-21-49-26-31/h7-21,24,26,39,50H,4-6,22-23,25,27H2,1-3H3,(H,51,59)(H,52,58)(H,54,60)/b20-11+/t39-/m1/s1. The van der Waals surface area contributed by atoms with E-state index in [0.29, 0.717) is 47.4 Å². The van der Waals surface area contributed by atoms with E-state index in [0.717, 1.165) is 63.6 Å². The third kappa shape index (κ3) is 10.6. The van der Waals surface area contributed by atoms with Crippen LogP contribution in [0.2, 0.25) is 5.02 Å². The molecule has 4 N–H and O–H groups in total. The SMILES string of the molecule is Cc1sc2c(c1C)C(c1ccc(Cl)cc1)=N[C@H](CC(=O)NCCCCCNc1cc(F)ccc1NC(=O)c1ccc(CNC(=O)/C=C/c3cccnc3)cc1)c1nnc(C)n1-2. The maximum atomic E-state index is 14.3. The van der Waals surface area contributed by atoms with Crippen LogP contribution < -0.4 is 21.3 Å². The largest absolute Gasteiger partial charge is 0.383 e. The van der Waals surface area contributed by atoms with Crippen molar-refractivity contribution in [3.63, 3.8) is 0 Å². The number of anilines is 2. The highest BCUT2D eigenvalue weighted by atomic mass is 35.5. The van der Waals surface area contributed by atoms with Gasteiger partial charge in [0.15, 0.2) is 5.82 Å². The fraction of sp³-hybridized carbons (Fsp3) is 0.239. The molecule has 12 nitrogen and oxygen atoms in total. The third-order valence-electron chi connectivity index (χ3n) is 10.3. The van der Waals surface area contributed by atoms with Gasteiger partial charge in [-0.1, -0.05) is 41.9 Å². The number of unbranched alkanes of at least 4 members (excludes halogenated alkanes) is 2. The lowest BCUT2D eigenvalue weighted by molar-refractivity contribution is -0.121. The van der Waals surface area contributed by atoms with E-state index in [1.54, 1.807) is 60.1 Å². The van der Waals surface area contributed by atoms with Crippen LogP contribution in [-0.4, -0.2) is 56.3 Å². The second-order valence-corrected chi connectivity index (χ2v) is 16.3. The Morgan fingerprint density at radius 3 is 2.46 bits per heavy atom. The lowest BCUT2D eigenvalue weighted by Gasteiger charge is -2.14. The first kappa shape index (κ1) is 42.6. The maximum absolute atomic E-state index is 14.3. The van der Waals surface area contributed by atoms with Gasteiger partial charge in [-0.3, -0.25) is 28.9 Å². The van der Waals surface area contributed by atoms with Gasteiger partial charge in [-0.15, -0.1) is 21.5 Å². The molecule has 0 unspecified atom stereocenters. The smallest absolute Gasteiger partial charge is 0.255 e. The maximum Gasteiger partial charge on any atom is 0.255 e. The molecule has 312 valence electrons. The molecule has 0 bridgehead atoms. The lowest BCUT2D eigenvalue weighted by Crippen LogP contribution is -2.26. The van der Waals surface area contributed by atoms with E-state index in [4.69, 9.17) is 16.6 Å². The van der Waals surface area contributed by atoms with Crippen molar-refractivity contribution in [3.05, 3.63) is 158 Å². The van der Waals surface area contributed by atoms with Gasteiger partial charge in [0.25, 0.3) is 5.91 Å². The second kappa shape index (κ2) is 19.7. The Morgan fingerprint density at radius 2 is 1.69 bits per heavy atom. The number of carbonyl (C=O) groups is 3. The van der Waals surface area contributed by atoms with Crippen molar-refractivity contribution in [2.24, 2.45) is 4.99 Å². The monoisotopic (exact) mass is 857 g/mol. The molecule has 1 aliphatic rings. The van der Waals surface area contributed by atoms with Crippen LogP contribution in [0.15, 0.2) is 102 Å². The zero-order valence-corrected chi connectivity index (χ0v) is 35.5. The Labute approximate surface area is 362 Å². The molecule has 0 radical (unpaired) electrons. The highest BCUT2D eigenvalue weighted by Gasteiger charge is 2.32. The average molecular weight is 858 g/mol. The number of hydrogen-bond donors (Lipinski definition) is 4. The summed E-state index contributed by atoms with van der Waals surface area (Å²) in [4.78, 5) is 49.1. The van der Waals surface area contributed by atoms with E-state index >= 15 is 0 Å². The summed E-state index contributed by atoms with van der Waals surface area (Å²) >= 11 is 7.90. The molecule has 0 aliphatic carbocycles. The zero-order valence-electron chi connectivity index (χ0n) is 34.0. The molecule has 0 fully saturated rings. The molecule has 0 spiro atoms. The first-order valence-electron chi connectivity index (χ1n) is 20.0. The number of thiophene rings is 1. The molecule has 3 aromatic heterocycles. The topological polar surface area (TPSA) is 155 Å². The van der Waals surface area contributed by atoms with Crippen molar-refractivity contribution < 1.29 is 18.8 Å². The van der Waals surface area contributed by atoms with Crippen molar-refractivity contribution in [1.82, 2.24) is 30.4 Å². The van der Waals surface area contributed by atoms with Gasteiger partial charge in [0.1, 0.15) is 22.7 Å². The molecule has 0 saturated heterocycles. The number of aromatic nitrogens is 4. The molecule has 61 heavy (non-hydrogen) atoms. The van der Waals surface area contributed by atoms with Crippen LogP contribution in [-0.2, 0) is 16.1 Å². The summed E-state index contributed by atoms with van der Waals surface area (Å²) in [5.41, 5.74) is 6.80. The molecule has 4 heterocycles. The van der Waals surface area contributed by atoms with Gasteiger partial charge in [-0.2, -0.15) is 0 Å². The van der Waals surface area contributed by atoms with Crippen LogP contribution in [0.25, 0.3) is 11.1 Å². The number of rotatable bonds is 16. The van der Waals surface area contributed by atoms with Gasteiger partial charge >= 0.3 is 0 Å². The fourth-order valence-electron chi connectivity index (χ4n) is 6.89. The van der Waals surface area contributed by atoms with Crippen LogP contribution in [0.4, 0.5) is 15.8 Å². The summed E-state index contributed by atoms with van der Waals surface area (Å²) in [6.45, 7) is 7.39. The van der Waals surface area contributed by atoms with Crippen molar-refractivity contribution in [2.45, 2.75) is 59.0 Å².